The molecule has 0 saturated carbocycles. The quantitative estimate of drug-likeness (QED) is 0.289. The van der Waals surface area contributed by atoms with Crippen molar-refractivity contribution in [3.05, 3.63) is 112 Å². The predicted octanol–water partition coefficient (Wildman–Crippen LogP) is 7.06. The zero-order valence-corrected chi connectivity index (χ0v) is 19.3. The van der Waals surface area contributed by atoms with Crippen molar-refractivity contribution in [3.8, 4) is 16.9 Å². The van der Waals surface area contributed by atoms with Gasteiger partial charge in [-0.1, -0.05) is 54.6 Å². The number of aryl methyl sites for hydroxylation is 3. The van der Waals surface area contributed by atoms with Gasteiger partial charge in [0.05, 0.1) is 12.5 Å². The van der Waals surface area contributed by atoms with Gasteiger partial charge in [-0.05, 0) is 89.0 Å². The van der Waals surface area contributed by atoms with Gasteiger partial charge in [0.2, 0.25) is 0 Å². The first-order valence-electron chi connectivity index (χ1n) is 11.2. The van der Waals surface area contributed by atoms with Crippen molar-refractivity contribution in [2.24, 2.45) is 0 Å². The molecule has 0 amide bonds. The van der Waals surface area contributed by atoms with Crippen molar-refractivity contribution in [2.45, 2.75) is 26.2 Å². The van der Waals surface area contributed by atoms with Crippen LogP contribution in [0.25, 0.3) is 11.1 Å². The molecule has 4 aromatic carbocycles. The summed E-state index contributed by atoms with van der Waals surface area (Å²) in [6, 6.07) is 27.2. The molecule has 0 bridgehead atoms. The number of rotatable bonds is 1. The fraction of sp³-hybridized carbons (Fsp3) is 0.200. The van der Waals surface area contributed by atoms with Crippen LogP contribution in [0.2, 0.25) is 0 Å². The van der Waals surface area contributed by atoms with Gasteiger partial charge in [-0.25, -0.2) is 0 Å². The second-order valence-electron chi connectivity index (χ2n) is 9.19. The van der Waals surface area contributed by atoms with Crippen molar-refractivity contribution in [1.82, 2.24) is 0 Å². The Morgan fingerprint density at radius 1 is 0.625 bits per heavy atom. The van der Waals surface area contributed by atoms with Crippen molar-refractivity contribution in [1.29, 1.82) is 0 Å². The number of fused-ring (bicyclic) bond motifs is 9. The molecule has 4 aromatic rings. The first-order valence-corrected chi connectivity index (χ1v) is 11.2. The number of hydrogen-bond acceptors (Lipinski definition) is 2. The molecular weight excluding hydrogens is 390 g/mol. The lowest BCUT2D eigenvalue weighted by Crippen LogP contribution is -2.36. The van der Waals surface area contributed by atoms with Crippen LogP contribution in [0, 0.1) is 20.8 Å². The van der Waals surface area contributed by atoms with Crippen LogP contribution in [0.15, 0.2) is 72.8 Å². The minimum Gasteiger partial charge on any atom is -0.496 e. The maximum absolute atomic E-state index is 5.84. The largest absolute Gasteiger partial charge is 0.496 e. The summed E-state index contributed by atoms with van der Waals surface area (Å²) in [7, 11) is 3.95. The number of para-hydroxylation sites is 1. The molecule has 2 aliphatic rings. The lowest BCUT2D eigenvalue weighted by atomic mass is 9.64. The van der Waals surface area contributed by atoms with Crippen molar-refractivity contribution >= 4 is 11.4 Å². The molecule has 1 atom stereocenters. The molecule has 1 spiro atoms. The third-order valence-corrected chi connectivity index (χ3v) is 7.61. The molecule has 0 radical (unpaired) electrons. The van der Waals surface area contributed by atoms with Gasteiger partial charge in [-0.15, -0.1) is 0 Å². The van der Waals surface area contributed by atoms with Gasteiger partial charge >= 0.3 is 0 Å². The van der Waals surface area contributed by atoms with Crippen LogP contribution in [-0.4, -0.2) is 14.2 Å². The highest BCUT2D eigenvalue weighted by Crippen LogP contribution is 2.62. The van der Waals surface area contributed by atoms with E-state index < -0.39 is 0 Å². The van der Waals surface area contributed by atoms with Crippen LogP contribution in [0.1, 0.15) is 38.9 Å². The van der Waals surface area contributed by atoms with Crippen molar-refractivity contribution < 1.29 is 4.74 Å². The SMILES string of the molecule is COc1cc2c(cc1C)N(C)c1ccccc1C21c2ccccc2-c2cc(C)c(C)cc21. The summed E-state index contributed by atoms with van der Waals surface area (Å²) in [5, 5.41) is 0. The predicted molar refractivity (Wildman–Crippen MR) is 133 cm³/mol. The van der Waals surface area contributed by atoms with Gasteiger partial charge < -0.3 is 9.64 Å². The van der Waals surface area contributed by atoms with Crippen LogP contribution < -0.4 is 9.64 Å². The maximum atomic E-state index is 5.84. The maximum Gasteiger partial charge on any atom is 0.122 e. The number of methoxy groups -OCH3 is 1. The number of ether oxygens (including phenoxy) is 1. The molecule has 6 rings (SSSR count). The Bertz CT molecular complexity index is 1420. The van der Waals surface area contributed by atoms with Crippen molar-refractivity contribution in [3.63, 3.8) is 0 Å². The van der Waals surface area contributed by atoms with Gasteiger partial charge in [-0.3, -0.25) is 0 Å². The first kappa shape index (κ1) is 19.2. The number of benzene rings is 4. The van der Waals surface area contributed by atoms with E-state index in [0.717, 1.165) is 11.3 Å². The highest BCUT2D eigenvalue weighted by Gasteiger charge is 2.51. The van der Waals surface area contributed by atoms with Gasteiger partial charge in [0.15, 0.2) is 0 Å². The fourth-order valence-corrected chi connectivity index (χ4v) is 5.95. The fourth-order valence-electron chi connectivity index (χ4n) is 5.95. The molecule has 0 fully saturated rings. The van der Waals surface area contributed by atoms with E-state index in [1.54, 1.807) is 7.11 Å². The Morgan fingerprint density at radius 3 is 2.09 bits per heavy atom. The number of anilines is 2. The summed E-state index contributed by atoms with van der Waals surface area (Å²) in [5.41, 5.74) is 13.9. The third-order valence-electron chi connectivity index (χ3n) is 7.61. The Labute approximate surface area is 190 Å². The van der Waals surface area contributed by atoms with E-state index >= 15 is 0 Å². The van der Waals surface area contributed by atoms with E-state index in [1.165, 1.54) is 55.9 Å². The molecule has 0 saturated heterocycles. The van der Waals surface area contributed by atoms with E-state index in [9.17, 15) is 0 Å². The number of nitrogens with zero attached hydrogens (tertiary/aromatic N) is 1. The average Bonchev–Trinajstić information content (AvgIpc) is 3.08. The summed E-state index contributed by atoms with van der Waals surface area (Å²) >= 11 is 0. The highest BCUT2D eigenvalue weighted by molar-refractivity contribution is 5.93. The molecule has 1 unspecified atom stereocenters. The second kappa shape index (κ2) is 6.49. The first-order chi connectivity index (χ1) is 15.5. The van der Waals surface area contributed by atoms with E-state index in [1.807, 2.05) is 0 Å². The average molecular weight is 418 g/mol. The molecule has 0 N–H and O–H groups in total. The van der Waals surface area contributed by atoms with Crippen LogP contribution in [0.4, 0.5) is 11.4 Å². The summed E-state index contributed by atoms with van der Waals surface area (Å²) in [6.45, 7) is 6.57. The molecular formula is C30H27NO. The van der Waals surface area contributed by atoms with Crippen LogP contribution >= 0.6 is 0 Å². The van der Waals surface area contributed by atoms with Gasteiger partial charge in [0, 0.05) is 18.4 Å². The molecule has 1 aliphatic heterocycles. The smallest absolute Gasteiger partial charge is 0.122 e. The highest BCUT2D eigenvalue weighted by atomic mass is 16.5. The molecule has 1 heterocycles. The lowest BCUT2D eigenvalue weighted by molar-refractivity contribution is 0.410. The topological polar surface area (TPSA) is 12.5 Å². The van der Waals surface area contributed by atoms with E-state index in [2.05, 4.69) is 106 Å². The standard InChI is InChI=1S/C30H27NO/c1-18-14-22-21-10-6-7-11-23(21)30(25(22)15-19(18)2)24-12-8-9-13-27(24)31(4)28-16-20(3)29(32-5)17-26(28)30/h6-17H,1-5H3. The molecule has 2 heteroatoms. The van der Waals surface area contributed by atoms with Crippen molar-refractivity contribution in [2.75, 3.05) is 19.1 Å². The second-order valence-corrected chi connectivity index (χ2v) is 9.19. The summed E-state index contributed by atoms with van der Waals surface area (Å²) < 4.78 is 5.84. The molecule has 2 nitrogen and oxygen atoms in total. The van der Waals surface area contributed by atoms with E-state index in [-0.39, 0.29) is 5.41 Å². The summed E-state index contributed by atoms with van der Waals surface area (Å²) in [6.07, 6.45) is 0. The van der Waals surface area contributed by atoms with E-state index in [0.29, 0.717) is 0 Å². The zero-order chi connectivity index (χ0) is 22.2. The van der Waals surface area contributed by atoms with Gasteiger partial charge in [0.1, 0.15) is 5.75 Å². The zero-order valence-electron chi connectivity index (χ0n) is 19.3. The Kier molecular flexibility index (Phi) is 3.89. The van der Waals surface area contributed by atoms with Crippen LogP contribution in [0.5, 0.6) is 5.75 Å². The van der Waals surface area contributed by atoms with Crippen LogP contribution in [0.3, 0.4) is 0 Å². The Morgan fingerprint density at radius 2 is 1.31 bits per heavy atom. The molecule has 0 aromatic heterocycles. The van der Waals surface area contributed by atoms with Crippen LogP contribution in [-0.2, 0) is 5.41 Å². The Balaban J connectivity index is 1.86. The van der Waals surface area contributed by atoms with E-state index in [4.69, 9.17) is 4.74 Å². The van der Waals surface area contributed by atoms with Gasteiger partial charge in [0.25, 0.3) is 0 Å². The number of hydrogen-bond donors (Lipinski definition) is 0. The molecule has 1 aliphatic carbocycles. The minimum atomic E-state index is -0.371. The molecule has 32 heavy (non-hydrogen) atoms. The summed E-state index contributed by atoms with van der Waals surface area (Å²) in [5.74, 6) is 0.936. The monoisotopic (exact) mass is 417 g/mol. The Hall–Kier alpha value is -3.52. The summed E-state index contributed by atoms with van der Waals surface area (Å²) in [4.78, 5) is 2.34. The minimum absolute atomic E-state index is 0.371. The lowest BCUT2D eigenvalue weighted by Gasteiger charge is -2.44. The normalized spacial score (nSPS) is 17.6. The third kappa shape index (κ3) is 2.20. The molecule has 158 valence electrons. The van der Waals surface area contributed by atoms with Gasteiger partial charge in [-0.2, -0.15) is 0 Å².